The molecule has 0 unspecified atom stereocenters. The number of anilines is 2. The summed E-state index contributed by atoms with van der Waals surface area (Å²) in [6.07, 6.45) is 0. The van der Waals surface area contributed by atoms with E-state index < -0.39 is 21.7 Å². The Morgan fingerprint density at radius 3 is 2.41 bits per heavy atom. The van der Waals surface area contributed by atoms with Crippen LogP contribution in [0, 0.1) is 18.6 Å². The van der Waals surface area contributed by atoms with Crippen LogP contribution in [0.4, 0.5) is 20.5 Å². The molecule has 0 aliphatic carbocycles. The summed E-state index contributed by atoms with van der Waals surface area (Å²) in [6, 6.07) is 4.47. The van der Waals surface area contributed by atoms with E-state index >= 15 is 0 Å². The molecule has 2 aromatic rings. The summed E-state index contributed by atoms with van der Waals surface area (Å²) in [4.78, 5) is 10.5. The van der Waals surface area contributed by atoms with Crippen molar-refractivity contribution in [2.45, 2.75) is 18.7 Å². The van der Waals surface area contributed by atoms with Crippen LogP contribution >= 0.6 is 0 Å². The molecule has 0 saturated carbocycles. The maximum Gasteiger partial charge on any atom is 0.243 e. The van der Waals surface area contributed by atoms with Gasteiger partial charge in [-0.15, -0.1) is 0 Å². The molecular formula is C17H21F2N5O2S. The summed E-state index contributed by atoms with van der Waals surface area (Å²) in [5.41, 5.74) is 0.813. The second kappa shape index (κ2) is 7.73. The molecule has 1 saturated heterocycles. The van der Waals surface area contributed by atoms with Gasteiger partial charge in [0.05, 0.1) is 4.90 Å². The zero-order valence-electron chi connectivity index (χ0n) is 15.1. The highest BCUT2D eigenvalue weighted by Gasteiger charge is 2.29. The number of nitrogens with zero attached hydrogens (tertiary/aromatic N) is 4. The minimum atomic E-state index is -3.88. The molecule has 0 radical (unpaired) electrons. The molecule has 10 heteroatoms. The molecule has 0 spiro atoms. The molecule has 1 aromatic heterocycles. The lowest BCUT2D eigenvalue weighted by Gasteiger charge is -2.34. The molecule has 1 aliphatic rings. The van der Waals surface area contributed by atoms with Crippen LogP contribution in [0.3, 0.4) is 0 Å². The Labute approximate surface area is 157 Å². The van der Waals surface area contributed by atoms with Crippen molar-refractivity contribution in [2.24, 2.45) is 0 Å². The van der Waals surface area contributed by atoms with Gasteiger partial charge in [0.15, 0.2) is 11.6 Å². The fourth-order valence-electron chi connectivity index (χ4n) is 2.90. The maximum atomic E-state index is 13.4. The van der Waals surface area contributed by atoms with Crippen molar-refractivity contribution in [3.63, 3.8) is 0 Å². The van der Waals surface area contributed by atoms with Gasteiger partial charge in [-0.3, -0.25) is 0 Å². The summed E-state index contributed by atoms with van der Waals surface area (Å²) in [5, 5.41) is 3.07. The first-order chi connectivity index (χ1) is 12.8. The van der Waals surface area contributed by atoms with Crippen molar-refractivity contribution in [3.05, 3.63) is 41.6 Å². The quantitative estimate of drug-likeness (QED) is 0.832. The molecule has 1 fully saturated rings. The zero-order valence-corrected chi connectivity index (χ0v) is 15.9. The van der Waals surface area contributed by atoms with E-state index in [1.807, 2.05) is 24.8 Å². The second-order valence-corrected chi connectivity index (χ2v) is 8.13. The third-order valence-corrected chi connectivity index (χ3v) is 6.16. The average Bonchev–Trinajstić information content (AvgIpc) is 2.64. The van der Waals surface area contributed by atoms with Crippen molar-refractivity contribution in [2.75, 3.05) is 42.9 Å². The van der Waals surface area contributed by atoms with Crippen molar-refractivity contribution in [1.29, 1.82) is 0 Å². The highest BCUT2D eigenvalue weighted by molar-refractivity contribution is 7.89. The number of rotatable bonds is 5. The number of aromatic nitrogens is 2. The monoisotopic (exact) mass is 397 g/mol. The van der Waals surface area contributed by atoms with Crippen LogP contribution in [0.25, 0.3) is 0 Å². The average molecular weight is 397 g/mol. The van der Waals surface area contributed by atoms with Crippen LogP contribution < -0.4 is 10.2 Å². The highest BCUT2D eigenvalue weighted by atomic mass is 32.2. The van der Waals surface area contributed by atoms with E-state index in [2.05, 4.69) is 15.3 Å². The molecule has 0 bridgehead atoms. The number of piperazine rings is 1. The van der Waals surface area contributed by atoms with Crippen molar-refractivity contribution >= 4 is 21.8 Å². The minimum Gasteiger partial charge on any atom is -0.354 e. The van der Waals surface area contributed by atoms with E-state index in [0.29, 0.717) is 31.6 Å². The Morgan fingerprint density at radius 2 is 1.78 bits per heavy atom. The summed E-state index contributed by atoms with van der Waals surface area (Å²) >= 11 is 0. The Hall–Kier alpha value is -2.33. The minimum absolute atomic E-state index is 0.223. The molecule has 7 nitrogen and oxygen atoms in total. The number of sulfonamides is 1. The lowest BCUT2D eigenvalue weighted by molar-refractivity contribution is 0.383. The molecule has 2 heterocycles. The van der Waals surface area contributed by atoms with Gasteiger partial charge < -0.3 is 10.2 Å². The fraction of sp³-hybridized carbons (Fsp3) is 0.412. The normalized spacial score (nSPS) is 15.8. The Bertz CT molecular complexity index is 931. The van der Waals surface area contributed by atoms with E-state index in [9.17, 15) is 17.2 Å². The van der Waals surface area contributed by atoms with Gasteiger partial charge in [-0.05, 0) is 32.0 Å². The van der Waals surface area contributed by atoms with Gasteiger partial charge in [0.1, 0.15) is 5.82 Å². The predicted octanol–water partition coefficient (Wildman–Crippen LogP) is 2.01. The van der Waals surface area contributed by atoms with Gasteiger partial charge in [-0.25, -0.2) is 22.2 Å². The van der Waals surface area contributed by atoms with Crippen LogP contribution in [0.1, 0.15) is 12.6 Å². The summed E-state index contributed by atoms with van der Waals surface area (Å²) in [6.45, 7) is 5.84. The van der Waals surface area contributed by atoms with Crippen molar-refractivity contribution < 1.29 is 17.2 Å². The zero-order chi connectivity index (χ0) is 19.6. The van der Waals surface area contributed by atoms with Gasteiger partial charge in [0.25, 0.3) is 0 Å². The highest BCUT2D eigenvalue weighted by Crippen LogP contribution is 2.22. The molecule has 0 amide bonds. The fourth-order valence-corrected chi connectivity index (χ4v) is 4.33. The molecule has 0 atom stereocenters. The number of aryl methyl sites for hydroxylation is 1. The number of hydrogen-bond donors (Lipinski definition) is 1. The van der Waals surface area contributed by atoms with Gasteiger partial charge in [-0.2, -0.15) is 9.29 Å². The first kappa shape index (κ1) is 19.4. The van der Waals surface area contributed by atoms with Crippen LogP contribution in [0.5, 0.6) is 0 Å². The van der Waals surface area contributed by atoms with E-state index in [4.69, 9.17) is 0 Å². The second-order valence-electron chi connectivity index (χ2n) is 6.19. The number of benzene rings is 1. The third-order valence-electron chi connectivity index (χ3n) is 4.27. The SMILES string of the molecule is CCNc1nc(C)cc(N2CCN(S(=O)(=O)c3ccc(F)c(F)c3)CC2)n1. The first-order valence-electron chi connectivity index (χ1n) is 8.61. The molecule has 3 rings (SSSR count). The third kappa shape index (κ3) is 4.16. The number of nitrogens with one attached hydrogen (secondary N) is 1. The van der Waals surface area contributed by atoms with Gasteiger partial charge in [0.2, 0.25) is 16.0 Å². The lowest BCUT2D eigenvalue weighted by atomic mass is 10.3. The van der Waals surface area contributed by atoms with E-state index in [-0.39, 0.29) is 18.0 Å². The molecule has 27 heavy (non-hydrogen) atoms. The Balaban J connectivity index is 1.74. The molecular weight excluding hydrogens is 376 g/mol. The van der Waals surface area contributed by atoms with Crippen molar-refractivity contribution in [3.8, 4) is 0 Å². The van der Waals surface area contributed by atoms with Gasteiger partial charge in [0, 0.05) is 44.5 Å². The van der Waals surface area contributed by atoms with Gasteiger partial charge in [-0.1, -0.05) is 0 Å². The molecule has 146 valence electrons. The maximum absolute atomic E-state index is 13.4. The standard InChI is InChI=1S/C17H21F2N5O2S/c1-3-20-17-21-12(2)10-16(22-17)23-6-8-24(9-7-23)27(25,26)13-4-5-14(18)15(19)11-13/h4-5,10-11H,3,6-9H2,1-2H3,(H,20,21,22). The van der Waals surface area contributed by atoms with E-state index in [1.165, 1.54) is 4.31 Å². The van der Waals surface area contributed by atoms with E-state index in [0.717, 1.165) is 23.6 Å². The predicted molar refractivity (Wildman–Crippen MR) is 98.3 cm³/mol. The molecule has 1 aromatic carbocycles. The van der Waals surface area contributed by atoms with Crippen LogP contribution in [-0.4, -0.2) is 55.4 Å². The smallest absolute Gasteiger partial charge is 0.243 e. The summed E-state index contributed by atoms with van der Waals surface area (Å²) in [7, 11) is -3.88. The Morgan fingerprint density at radius 1 is 1.07 bits per heavy atom. The number of hydrogen-bond acceptors (Lipinski definition) is 6. The van der Waals surface area contributed by atoms with Crippen LogP contribution in [0.15, 0.2) is 29.2 Å². The first-order valence-corrected chi connectivity index (χ1v) is 10.0. The van der Waals surface area contributed by atoms with Crippen LogP contribution in [0.2, 0.25) is 0 Å². The van der Waals surface area contributed by atoms with Crippen molar-refractivity contribution in [1.82, 2.24) is 14.3 Å². The van der Waals surface area contributed by atoms with Gasteiger partial charge >= 0.3 is 0 Å². The van der Waals surface area contributed by atoms with Crippen LogP contribution in [-0.2, 0) is 10.0 Å². The summed E-state index contributed by atoms with van der Waals surface area (Å²) in [5.74, 6) is -0.996. The molecule has 1 aliphatic heterocycles. The van der Waals surface area contributed by atoms with E-state index in [1.54, 1.807) is 0 Å². The Kier molecular flexibility index (Phi) is 5.56. The molecule has 1 N–H and O–H groups in total. The topological polar surface area (TPSA) is 78.4 Å². The largest absolute Gasteiger partial charge is 0.354 e. The summed E-state index contributed by atoms with van der Waals surface area (Å²) < 4.78 is 53.1. The number of halogens is 2. The lowest BCUT2D eigenvalue weighted by Crippen LogP contribution is -2.49.